The van der Waals surface area contributed by atoms with Crippen LogP contribution in [-0.2, 0) is 9.47 Å². The zero-order chi connectivity index (χ0) is 23.0. The van der Waals surface area contributed by atoms with Gasteiger partial charge in [-0.3, -0.25) is 0 Å². The third-order valence-corrected chi connectivity index (χ3v) is 5.51. The number of rotatable bonds is 3. The first-order valence-corrected chi connectivity index (χ1v) is 10.7. The number of methoxy groups -OCH3 is 1. The Kier molecular flexibility index (Phi) is 5.81. The van der Waals surface area contributed by atoms with Crippen LogP contribution < -0.4 is 4.90 Å². The van der Waals surface area contributed by atoms with E-state index in [1.165, 1.54) is 16.7 Å². The molecule has 1 aliphatic heterocycles. The van der Waals surface area contributed by atoms with Crippen molar-refractivity contribution in [1.82, 2.24) is 9.55 Å². The lowest BCUT2D eigenvalue weighted by molar-refractivity contribution is 0.0547. The van der Waals surface area contributed by atoms with E-state index in [1.54, 1.807) is 52.1 Å². The van der Waals surface area contributed by atoms with Gasteiger partial charge < -0.3 is 19.5 Å². The maximum atomic E-state index is 15.3. The van der Waals surface area contributed by atoms with Gasteiger partial charge in [-0.25, -0.2) is 14.3 Å². The largest absolute Gasteiger partial charge is 0.508 e. The van der Waals surface area contributed by atoms with Gasteiger partial charge in [0.1, 0.15) is 17.2 Å². The molecule has 0 aliphatic carbocycles. The van der Waals surface area contributed by atoms with Crippen molar-refractivity contribution in [3.8, 4) is 17.0 Å². The van der Waals surface area contributed by atoms with Crippen molar-refractivity contribution in [2.45, 2.75) is 45.3 Å². The second-order valence-corrected chi connectivity index (χ2v) is 9.04. The molecule has 1 aliphatic rings. The normalized spacial score (nSPS) is 17.0. The monoisotopic (exact) mass is 441 g/mol. The SMILES string of the molecule is COC1CCCN(c2ccc(-c3cc4cc(O)ccc4n3C(=O)OC(C)(C)C)c(F)n2)C1. The van der Waals surface area contributed by atoms with Gasteiger partial charge in [0.15, 0.2) is 0 Å². The van der Waals surface area contributed by atoms with Gasteiger partial charge in [0.2, 0.25) is 5.95 Å². The van der Waals surface area contributed by atoms with E-state index < -0.39 is 17.6 Å². The number of hydrogen-bond donors (Lipinski definition) is 1. The van der Waals surface area contributed by atoms with E-state index in [4.69, 9.17) is 9.47 Å². The van der Waals surface area contributed by atoms with Gasteiger partial charge >= 0.3 is 6.09 Å². The van der Waals surface area contributed by atoms with E-state index in [0.717, 1.165) is 19.4 Å². The van der Waals surface area contributed by atoms with Gasteiger partial charge in [0.05, 0.1) is 22.9 Å². The topological polar surface area (TPSA) is 76.8 Å². The van der Waals surface area contributed by atoms with Crippen LogP contribution in [0, 0.1) is 5.95 Å². The maximum absolute atomic E-state index is 15.3. The summed E-state index contributed by atoms with van der Waals surface area (Å²) in [5, 5.41) is 10.5. The van der Waals surface area contributed by atoms with Gasteiger partial charge in [-0.15, -0.1) is 0 Å². The Morgan fingerprint density at radius 1 is 1.22 bits per heavy atom. The van der Waals surface area contributed by atoms with Gasteiger partial charge in [0.25, 0.3) is 0 Å². The Bertz CT molecular complexity index is 1150. The number of benzene rings is 1. The van der Waals surface area contributed by atoms with Crippen molar-refractivity contribution in [3.05, 3.63) is 42.3 Å². The molecule has 8 heteroatoms. The quantitative estimate of drug-likeness (QED) is 0.580. The van der Waals surface area contributed by atoms with Gasteiger partial charge in [0, 0.05) is 25.6 Å². The lowest BCUT2D eigenvalue weighted by atomic mass is 10.1. The molecule has 4 rings (SSSR count). The summed E-state index contributed by atoms with van der Waals surface area (Å²) < 4.78 is 27.6. The molecule has 0 radical (unpaired) electrons. The number of phenols is 1. The molecule has 3 heterocycles. The smallest absolute Gasteiger partial charge is 0.419 e. The molecule has 3 aromatic rings. The summed E-state index contributed by atoms with van der Waals surface area (Å²) in [5.41, 5.74) is 0.268. The van der Waals surface area contributed by atoms with E-state index in [9.17, 15) is 9.90 Å². The van der Waals surface area contributed by atoms with Crippen LogP contribution in [0.4, 0.5) is 15.0 Å². The minimum atomic E-state index is -0.728. The number of piperidine rings is 1. The van der Waals surface area contributed by atoms with E-state index >= 15 is 4.39 Å². The highest BCUT2D eigenvalue weighted by Gasteiger charge is 2.26. The molecule has 1 N–H and O–H groups in total. The Morgan fingerprint density at radius 2 is 2.00 bits per heavy atom. The van der Waals surface area contributed by atoms with E-state index in [0.29, 0.717) is 29.0 Å². The number of aromatic hydroxyl groups is 1. The number of halogens is 1. The molecule has 0 bridgehead atoms. The number of anilines is 1. The zero-order valence-electron chi connectivity index (χ0n) is 18.8. The lowest BCUT2D eigenvalue weighted by Gasteiger charge is -2.32. The first-order chi connectivity index (χ1) is 15.2. The predicted molar refractivity (Wildman–Crippen MR) is 121 cm³/mol. The molecule has 1 unspecified atom stereocenters. The number of carbonyl (C=O) groups is 1. The summed E-state index contributed by atoms with van der Waals surface area (Å²) in [6, 6.07) is 9.65. The molecule has 0 saturated carbocycles. The molecule has 0 spiro atoms. The van der Waals surface area contributed by atoms with Crippen LogP contribution in [0.25, 0.3) is 22.2 Å². The molecule has 1 fully saturated rings. The van der Waals surface area contributed by atoms with Gasteiger partial charge in [-0.05, 0) is 70.0 Å². The number of fused-ring (bicyclic) bond motifs is 1. The van der Waals surface area contributed by atoms with E-state index in [-0.39, 0.29) is 17.4 Å². The van der Waals surface area contributed by atoms with Crippen molar-refractivity contribution < 1.29 is 23.8 Å². The van der Waals surface area contributed by atoms with Crippen molar-refractivity contribution in [2.75, 3.05) is 25.1 Å². The third kappa shape index (κ3) is 4.41. The molecule has 1 atom stereocenters. The number of carbonyl (C=O) groups excluding carboxylic acids is 1. The Hall–Kier alpha value is -3.13. The average molecular weight is 442 g/mol. The van der Waals surface area contributed by atoms with Crippen LogP contribution in [0.2, 0.25) is 0 Å². The van der Waals surface area contributed by atoms with Gasteiger partial charge in [-0.2, -0.15) is 4.39 Å². The second kappa shape index (κ2) is 8.43. The van der Waals surface area contributed by atoms with Crippen LogP contribution in [0.1, 0.15) is 33.6 Å². The zero-order valence-corrected chi connectivity index (χ0v) is 18.8. The molecule has 32 heavy (non-hydrogen) atoms. The molecule has 2 aromatic heterocycles. The van der Waals surface area contributed by atoms with Crippen molar-refractivity contribution in [2.24, 2.45) is 0 Å². The number of ether oxygens (including phenoxy) is 2. The number of aromatic nitrogens is 2. The van der Waals surface area contributed by atoms with Crippen LogP contribution in [0.5, 0.6) is 5.75 Å². The average Bonchev–Trinajstić information content (AvgIpc) is 3.10. The fourth-order valence-corrected chi connectivity index (χ4v) is 4.04. The second-order valence-electron chi connectivity index (χ2n) is 9.04. The molecule has 1 aromatic carbocycles. The molecule has 170 valence electrons. The molecule has 0 amide bonds. The summed E-state index contributed by atoms with van der Waals surface area (Å²) >= 11 is 0. The standard InChI is InChI=1S/C24H28FN3O4/c1-24(2,3)32-23(30)28-19-9-7-16(29)12-15(19)13-20(28)18-8-10-21(26-22(18)25)27-11-5-6-17(14-27)31-4/h7-10,12-13,17,29H,5-6,11,14H2,1-4H3. The fraction of sp³-hybridized carbons (Fsp3) is 0.417. The molecule has 1 saturated heterocycles. The third-order valence-electron chi connectivity index (χ3n) is 5.51. The van der Waals surface area contributed by atoms with Crippen molar-refractivity contribution in [3.63, 3.8) is 0 Å². The van der Waals surface area contributed by atoms with Crippen LogP contribution in [0.15, 0.2) is 36.4 Å². The number of pyridine rings is 1. The number of phenolic OH excluding ortho intramolecular Hbond substituents is 1. The number of nitrogens with zero attached hydrogens (tertiary/aromatic N) is 3. The Morgan fingerprint density at radius 3 is 2.69 bits per heavy atom. The number of hydrogen-bond acceptors (Lipinski definition) is 6. The summed E-state index contributed by atoms with van der Waals surface area (Å²) in [5.74, 6) is -0.0958. The van der Waals surface area contributed by atoms with Crippen molar-refractivity contribution >= 4 is 22.8 Å². The molecular formula is C24H28FN3O4. The minimum Gasteiger partial charge on any atom is -0.508 e. The minimum absolute atomic E-state index is 0.0529. The van der Waals surface area contributed by atoms with E-state index in [2.05, 4.69) is 4.98 Å². The fourth-order valence-electron chi connectivity index (χ4n) is 4.04. The summed E-state index contributed by atoms with van der Waals surface area (Å²) in [7, 11) is 1.68. The van der Waals surface area contributed by atoms with Crippen molar-refractivity contribution in [1.29, 1.82) is 0 Å². The predicted octanol–water partition coefficient (Wildman–Crippen LogP) is 4.95. The summed E-state index contributed by atoms with van der Waals surface area (Å²) in [6.45, 7) is 6.74. The maximum Gasteiger partial charge on any atom is 0.419 e. The van der Waals surface area contributed by atoms with E-state index in [1.807, 2.05) is 4.90 Å². The first kappa shape index (κ1) is 22.1. The summed E-state index contributed by atoms with van der Waals surface area (Å²) in [6.07, 6.45) is 1.38. The Balaban J connectivity index is 1.77. The molecule has 7 nitrogen and oxygen atoms in total. The first-order valence-electron chi connectivity index (χ1n) is 10.7. The molecular weight excluding hydrogens is 413 g/mol. The van der Waals surface area contributed by atoms with Crippen LogP contribution in [0.3, 0.4) is 0 Å². The van der Waals surface area contributed by atoms with Gasteiger partial charge in [-0.1, -0.05) is 0 Å². The highest BCUT2D eigenvalue weighted by atomic mass is 19.1. The lowest BCUT2D eigenvalue weighted by Crippen LogP contribution is -2.39. The summed E-state index contributed by atoms with van der Waals surface area (Å²) in [4.78, 5) is 19.2. The Labute approximate surface area is 186 Å². The highest BCUT2D eigenvalue weighted by molar-refractivity contribution is 5.96. The van der Waals surface area contributed by atoms with Crippen LogP contribution in [-0.4, -0.2) is 52.7 Å². The van der Waals surface area contributed by atoms with Crippen LogP contribution >= 0.6 is 0 Å². The highest BCUT2D eigenvalue weighted by Crippen LogP contribution is 2.33.